The molecule has 0 bridgehead atoms. The van der Waals surface area contributed by atoms with E-state index in [1.807, 2.05) is 18.2 Å². The standard InChI is InChI=1S/C17H24O2/c1-15(11-12-18)7-6-8-16(2)13-19-14-17-9-4-3-5-10-17/h3-7,9-10,12,15-16H,8,11,13-14H2,1-2H3/b7-6+. The third-order valence-corrected chi connectivity index (χ3v) is 2.98. The van der Waals surface area contributed by atoms with Gasteiger partial charge in [0.25, 0.3) is 0 Å². The van der Waals surface area contributed by atoms with Crippen LogP contribution in [0.1, 0.15) is 32.3 Å². The van der Waals surface area contributed by atoms with E-state index < -0.39 is 0 Å². The fourth-order valence-corrected chi connectivity index (χ4v) is 1.79. The lowest BCUT2D eigenvalue weighted by Gasteiger charge is -2.10. The van der Waals surface area contributed by atoms with Crippen LogP contribution in [0, 0.1) is 11.8 Å². The second-order valence-electron chi connectivity index (χ2n) is 5.15. The topological polar surface area (TPSA) is 26.3 Å². The van der Waals surface area contributed by atoms with E-state index in [4.69, 9.17) is 4.74 Å². The molecule has 0 amide bonds. The Balaban J connectivity index is 2.14. The van der Waals surface area contributed by atoms with Gasteiger partial charge in [0.15, 0.2) is 0 Å². The van der Waals surface area contributed by atoms with Crippen LogP contribution in [0.5, 0.6) is 0 Å². The Bertz CT molecular complexity index is 370. The predicted molar refractivity (Wildman–Crippen MR) is 78.9 cm³/mol. The summed E-state index contributed by atoms with van der Waals surface area (Å²) in [5.41, 5.74) is 1.21. The molecule has 0 heterocycles. The average molecular weight is 260 g/mol. The Kier molecular flexibility index (Phi) is 7.83. The smallest absolute Gasteiger partial charge is 0.120 e. The minimum absolute atomic E-state index is 0.343. The third-order valence-electron chi connectivity index (χ3n) is 2.98. The molecule has 0 spiro atoms. The Morgan fingerprint density at radius 3 is 2.58 bits per heavy atom. The molecule has 0 saturated heterocycles. The zero-order valence-electron chi connectivity index (χ0n) is 11.9. The fourth-order valence-electron chi connectivity index (χ4n) is 1.79. The third kappa shape index (κ3) is 7.58. The summed E-state index contributed by atoms with van der Waals surface area (Å²) in [6.45, 7) is 5.68. The molecule has 0 aliphatic carbocycles. The zero-order chi connectivity index (χ0) is 13.9. The van der Waals surface area contributed by atoms with Crippen molar-refractivity contribution in [2.24, 2.45) is 11.8 Å². The summed E-state index contributed by atoms with van der Waals surface area (Å²) >= 11 is 0. The summed E-state index contributed by atoms with van der Waals surface area (Å²) in [5.74, 6) is 0.846. The first-order valence-electron chi connectivity index (χ1n) is 6.94. The van der Waals surface area contributed by atoms with E-state index >= 15 is 0 Å². The van der Waals surface area contributed by atoms with Gasteiger partial charge >= 0.3 is 0 Å². The first kappa shape index (κ1) is 15.6. The van der Waals surface area contributed by atoms with Crippen LogP contribution in [0.3, 0.4) is 0 Å². The molecule has 1 aromatic rings. The van der Waals surface area contributed by atoms with Gasteiger partial charge in [-0.05, 0) is 23.8 Å². The lowest BCUT2D eigenvalue weighted by atomic mass is 10.0. The molecule has 0 aliphatic rings. The quantitative estimate of drug-likeness (QED) is 0.495. The van der Waals surface area contributed by atoms with Gasteiger partial charge in [-0.25, -0.2) is 0 Å². The molecular weight excluding hydrogens is 236 g/mol. The van der Waals surface area contributed by atoms with Crippen LogP contribution in [0.2, 0.25) is 0 Å². The molecule has 0 aromatic heterocycles. The molecule has 2 heteroatoms. The Morgan fingerprint density at radius 2 is 1.89 bits per heavy atom. The van der Waals surface area contributed by atoms with Crippen LogP contribution >= 0.6 is 0 Å². The van der Waals surface area contributed by atoms with E-state index in [0.29, 0.717) is 24.9 Å². The number of carbonyl (C=O) groups is 1. The maximum Gasteiger partial charge on any atom is 0.120 e. The first-order chi connectivity index (χ1) is 9.22. The van der Waals surface area contributed by atoms with E-state index in [2.05, 4.69) is 38.1 Å². The number of carbonyl (C=O) groups excluding carboxylic acids is 1. The van der Waals surface area contributed by atoms with Crippen LogP contribution in [0.25, 0.3) is 0 Å². The number of hydrogen-bond donors (Lipinski definition) is 0. The van der Waals surface area contributed by atoms with E-state index in [1.54, 1.807) is 0 Å². The molecule has 0 saturated carbocycles. The lowest BCUT2D eigenvalue weighted by Crippen LogP contribution is -2.05. The van der Waals surface area contributed by atoms with E-state index in [1.165, 1.54) is 5.56 Å². The molecule has 2 unspecified atom stereocenters. The number of benzene rings is 1. The van der Waals surface area contributed by atoms with Gasteiger partial charge in [-0.2, -0.15) is 0 Å². The summed E-state index contributed by atoms with van der Waals surface area (Å²) in [6, 6.07) is 10.2. The normalized spacial score (nSPS) is 14.4. The largest absolute Gasteiger partial charge is 0.376 e. The summed E-state index contributed by atoms with van der Waals surface area (Å²) in [4.78, 5) is 10.3. The zero-order valence-corrected chi connectivity index (χ0v) is 11.9. The van der Waals surface area contributed by atoms with Gasteiger partial charge in [0.1, 0.15) is 6.29 Å². The van der Waals surface area contributed by atoms with Crippen molar-refractivity contribution < 1.29 is 9.53 Å². The average Bonchev–Trinajstić information content (AvgIpc) is 2.40. The monoisotopic (exact) mass is 260 g/mol. The summed E-state index contributed by atoms with van der Waals surface area (Å²) < 4.78 is 5.70. The van der Waals surface area contributed by atoms with Gasteiger partial charge in [-0.1, -0.05) is 56.3 Å². The van der Waals surface area contributed by atoms with Crippen molar-refractivity contribution in [3.8, 4) is 0 Å². The maximum atomic E-state index is 10.3. The van der Waals surface area contributed by atoms with Crippen molar-refractivity contribution in [3.63, 3.8) is 0 Å². The van der Waals surface area contributed by atoms with Crippen LogP contribution in [-0.2, 0) is 16.1 Å². The minimum atomic E-state index is 0.343. The molecular formula is C17H24O2. The fraction of sp³-hybridized carbons (Fsp3) is 0.471. The molecule has 1 rings (SSSR count). The molecule has 1 aromatic carbocycles. The Morgan fingerprint density at radius 1 is 1.16 bits per heavy atom. The second-order valence-corrected chi connectivity index (χ2v) is 5.15. The maximum absolute atomic E-state index is 10.3. The van der Waals surface area contributed by atoms with E-state index in [0.717, 1.165) is 19.3 Å². The van der Waals surface area contributed by atoms with E-state index in [-0.39, 0.29) is 0 Å². The van der Waals surface area contributed by atoms with Crippen molar-refractivity contribution in [3.05, 3.63) is 48.0 Å². The molecule has 0 N–H and O–H groups in total. The van der Waals surface area contributed by atoms with Gasteiger partial charge in [0.2, 0.25) is 0 Å². The lowest BCUT2D eigenvalue weighted by molar-refractivity contribution is -0.108. The number of ether oxygens (including phenoxy) is 1. The van der Waals surface area contributed by atoms with Gasteiger partial charge in [0, 0.05) is 13.0 Å². The highest BCUT2D eigenvalue weighted by atomic mass is 16.5. The summed E-state index contributed by atoms with van der Waals surface area (Å²) in [6.07, 6.45) is 6.85. The van der Waals surface area contributed by atoms with Gasteiger partial charge < -0.3 is 9.53 Å². The minimum Gasteiger partial charge on any atom is -0.376 e. The molecule has 0 fully saturated rings. The molecule has 19 heavy (non-hydrogen) atoms. The summed E-state index contributed by atoms with van der Waals surface area (Å²) in [7, 11) is 0. The number of allylic oxidation sites excluding steroid dienone is 2. The number of aldehydes is 1. The number of hydrogen-bond acceptors (Lipinski definition) is 2. The van der Waals surface area contributed by atoms with Crippen LogP contribution < -0.4 is 0 Å². The highest BCUT2D eigenvalue weighted by Gasteiger charge is 2.01. The summed E-state index contributed by atoms with van der Waals surface area (Å²) in [5, 5.41) is 0. The van der Waals surface area contributed by atoms with Gasteiger partial charge in [-0.15, -0.1) is 0 Å². The van der Waals surface area contributed by atoms with E-state index in [9.17, 15) is 4.79 Å². The Labute approximate surface area is 116 Å². The van der Waals surface area contributed by atoms with Crippen molar-refractivity contribution in [1.29, 1.82) is 0 Å². The molecule has 0 radical (unpaired) electrons. The van der Waals surface area contributed by atoms with Crippen molar-refractivity contribution in [2.45, 2.75) is 33.3 Å². The van der Waals surface area contributed by atoms with Crippen molar-refractivity contribution in [2.75, 3.05) is 6.61 Å². The number of rotatable bonds is 9. The molecule has 0 aliphatic heterocycles. The van der Waals surface area contributed by atoms with Crippen LogP contribution in [-0.4, -0.2) is 12.9 Å². The second kappa shape index (κ2) is 9.51. The molecule has 104 valence electrons. The van der Waals surface area contributed by atoms with Crippen LogP contribution in [0.15, 0.2) is 42.5 Å². The Hall–Kier alpha value is -1.41. The van der Waals surface area contributed by atoms with Crippen molar-refractivity contribution in [1.82, 2.24) is 0 Å². The predicted octanol–water partition coefficient (Wildman–Crippen LogP) is 4.01. The van der Waals surface area contributed by atoms with Gasteiger partial charge in [-0.3, -0.25) is 0 Å². The first-order valence-corrected chi connectivity index (χ1v) is 6.94. The highest BCUT2D eigenvalue weighted by molar-refractivity contribution is 5.50. The highest BCUT2D eigenvalue weighted by Crippen LogP contribution is 2.09. The van der Waals surface area contributed by atoms with Crippen LogP contribution in [0.4, 0.5) is 0 Å². The molecule has 2 atom stereocenters. The molecule has 2 nitrogen and oxygen atoms in total. The van der Waals surface area contributed by atoms with Gasteiger partial charge in [0.05, 0.1) is 6.61 Å². The van der Waals surface area contributed by atoms with Crippen molar-refractivity contribution >= 4 is 6.29 Å². The SMILES string of the molecule is CC(/C=C/CC(C)COCc1ccccc1)CC=O.